The van der Waals surface area contributed by atoms with E-state index >= 15 is 0 Å². The molecule has 5 rings (SSSR count). The van der Waals surface area contributed by atoms with E-state index in [-0.39, 0.29) is 28.8 Å². The summed E-state index contributed by atoms with van der Waals surface area (Å²) in [5.74, 6) is -0.250. The summed E-state index contributed by atoms with van der Waals surface area (Å²) in [7, 11) is -3.66. The monoisotopic (exact) mass is 553 g/mol. The number of aromatic nitrogens is 2. The Morgan fingerprint density at radius 3 is 2.59 bits per heavy atom. The van der Waals surface area contributed by atoms with Crippen LogP contribution >= 0.6 is 0 Å². The number of alkyl carbamates (subject to hydrolysis) is 1. The Kier molecular flexibility index (Phi) is 7.15. The number of carbonyl (C=O) groups excluding carboxylic acids is 2. The van der Waals surface area contributed by atoms with E-state index < -0.39 is 21.7 Å². The summed E-state index contributed by atoms with van der Waals surface area (Å²) >= 11 is 0. The third kappa shape index (κ3) is 6.09. The summed E-state index contributed by atoms with van der Waals surface area (Å²) in [4.78, 5) is 29.1. The first kappa shape index (κ1) is 27.1. The fraction of sp³-hybridized carbons (Fsp3) is 0.464. The second-order valence-corrected chi connectivity index (χ2v) is 13.5. The summed E-state index contributed by atoms with van der Waals surface area (Å²) in [5.41, 5.74) is 1.48. The molecule has 10 nitrogen and oxygen atoms in total. The number of rotatable bonds is 6. The highest BCUT2D eigenvalue weighted by atomic mass is 32.2. The van der Waals surface area contributed by atoms with Crippen LogP contribution in [0.15, 0.2) is 59.9 Å². The van der Waals surface area contributed by atoms with Crippen molar-refractivity contribution in [2.24, 2.45) is 5.41 Å². The van der Waals surface area contributed by atoms with Crippen LogP contribution in [0.4, 0.5) is 4.79 Å². The molecule has 0 bridgehead atoms. The standard InChI is InChI=1S/C28H35N5O5S/c1-27(2,3)38-26(35)31-22-16-28(17-22)9-12-33(13-10-28)39(36,37)23-6-4-5-20(15-23)18-30-25(34)21-7-8-24-29-11-14-32(24)19-21/h4-8,11,14-15,19,22H,9-10,12-13,16-18H2,1-3H3,(H,30,34)(H,31,35). The van der Waals surface area contributed by atoms with Gasteiger partial charge in [-0.05, 0) is 81.7 Å². The lowest BCUT2D eigenvalue weighted by Crippen LogP contribution is -2.55. The molecule has 0 atom stereocenters. The SMILES string of the molecule is CC(C)(C)OC(=O)NC1CC2(CCN(S(=O)(=O)c3cccc(CNC(=O)c4ccc5nccn5c4)c3)CC2)C1. The van der Waals surface area contributed by atoms with Gasteiger partial charge in [-0.25, -0.2) is 18.2 Å². The molecule has 2 N–H and O–H groups in total. The van der Waals surface area contributed by atoms with Crippen molar-refractivity contribution >= 4 is 27.7 Å². The lowest BCUT2D eigenvalue weighted by Gasteiger charge is -2.51. The van der Waals surface area contributed by atoms with Gasteiger partial charge in [0, 0.05) is 44.3 Å². The van der Waals surface area contributed by atoms with Crippen molar-refractivity contribution in [1.82, 2.24) is 24.3 Å². The average Bonchev–Trinajstić information content (AvgIpc) is 3.34. The highest BCUT2D eigenvalue weighted by molar-refractivity contribution is 7.89. The molecule has 2 aromatic heterocycles. The van der Waals surface area contributed by atoms with Gasteiger partial charge in [0.1, 0.15) is 11.2 Å². The molecule has 1 aliphatic heterocycles. The zero-order valence-corrected chi connectivity index (χ0v) is 23.3. The highest BCUT2D eigenvalue weighted by Gasteiger charge is 2.48. The summed E-state index contributed by atoms with van der Waals surface area (Å²) < 4.78 is 35.5. The van der Waals surface area contributed by atoms with Gasteiger partial charge in [-0.3, -0.25) is 4.79 Å². The number of carbonyl (C=O) groups is 2. The summed E-state index contributed by atoms with van der Waals surface area (Å²) in [5, 5.41) is 5.79. The maximum atomic E-state index is 13.4. The van der Waals surface area contributed by atoms with Gasteiger partial charge in [0.25, 0.3) is 5.91 Å². The van der Waals surface area contributed by atoms with Crippen LogP contribution in [0.2, 0.25) is 0 Å². The Bertz CT molecular complexity index is 1480. The lowest BCUT2D eigenvalue weighted by molar-refractivity contribution is 0.0112. The minimum absolute atomic E-state index is 0.0664. The van der Waals surface area contributed by atoms with Gasteiger partial charge in [-0.2, -0.15) is 4.31 Å². The number of pyridine rings is 1. The maximum absolute atomic E-state index is 13.4. The topological polar surface area (TPSA) is 122 Å². The van der Waals surface area contributed by atoms with E-state index in [0.29, 0.717) is 24.2 Å². The van der Waals surface area contributed by atoms with Gasteiger partial charge < -0.3 is 19.8 Å². The van der Waals surface area contributed by atoms with Crippen LogP contribution in [0.5, 0.6) is 0 Å². The van der Waals surface area contributed by atoms with Crippen LogP contribution in [0.3, 0.4) is 0 Å². The Labute approximate surface area is 228 Å². The second-order valence-electron chi connectivity index (χ2n) is 11.6. The number of piperidine rings is 1. The smallest absolute Gasteiger partial charge is 0.407 e. The number of imidazole rings is 1. The molecule has 1 saturated heterocycles. The molecule has 1 spiro atoms. The largest absolute Gasteiger partial charge is 0.444 e. The molecular weight excluding hydrogens is 518 g/mol. The van der Waals surface area contributed by atoms with Gasteiger partial charge in [0.15, 0.2) is 0 Å². The highest BCUT2D eigenvalue weighted by Crippen LogP contribution is 2.49. The van der Waals surface area contributed by atoms with Crippen LogP contribution in [0.25, 0.3) is 5.65 Å². The molecule has 11 heteroatoms. The predicted molar refractivity (Wildman–Crippen MR) is 146 cm³/mol. The Morgan fingerprint density at radius 2 is 1.87 bits per heavy atom. The third-order valence-electron chi connectivity index (χ3n) is 7.50. The van der Waals surface area contributed by atoms with Crippen LogP contribution in [0.1, 0.15) is 62.4 Å². The van der Waals surface area contributed by atoms with Crippen LogP contribution in [0, 0.1) is 5.41 Å². The predicted octanol–water partition coefficient (Wildman–Crippen LogP) is 3.72. The van der Waals surface area contributed by atoms with E-state index in [1.54, 1.807) is 63.7 Å². The molecule has 2 amide bonds. The van der Waals surface area contributed by atoms with Crippen molar-refractivity contribution in [3.8, 4) is 0 Å². The van der Waals surface area contributed by atoms with Crippen LogP contribution in [-0.4, -0.2) is 58.8 Å². The molecular formula is C28H35N5O5S. The van der Waals surface area contributed by atoms with E-state index in [9.17, 15) is 18.0 Å². The number of nitrogens with one attached hydrogen (secondary N) is 2. The van der Waals surface area contributed by atoms with E-state index in [1.807, 2.05) is 20.8 Å². The third-order valence-corrected chi connectivity index (χ3v) is 9.40. The molecule has 39 heavy (non-hydrogen) atoms. The van der Waals surface area contributed by atoms with E-state index in [0.717, 1.165) is 31.3 Å². The van der Waals surface area contributed by atoms with Crippen molar-refractivity contribution < 1.29 is 22.7 Å². The summed E-state index contributed by atoms with van der Waals surface area (Å²) in [6.07, 6.45) is 7.93. The molecule has 208 valence electrons. The number of sulfonamides is 1. The number of benzene rings is 1. The zero-order valence-electron chi connectivity index (χ0n) is 22.5. The fourth-order valence-corrected chi connectivity index (χ4v) is 6.99. The molecule has 1 saturated carbocycles. The van der Waals surface area contributed by atoms with Crippen molar-refractivity contribution in [2.75, 3.05) is 13.1 Å². The van der Waals surface area contributed by atoms with E-state index in [2.05, 4.69) is 15.6 Å². The quantitative estimate of drug-likeness (QED) is 0.480. The second kappa shape index (κ2) is 10.3. The van der Waals surface area contributed by atoms with Gasteiger partial charge >= 0.3 is 6.09 Å². The molecule has 0 unspecified atom stereocenters. The lowest BCUT2D eigenvalue weighted by atomic mass is 9.60. The molecule has 2 aliphatic rings. The van der Waals surface area contributed by atoms with Crippen molar-refractivity contribution in [2.45, 2.75) is 69.5 Å². The molecule has 1 aromatic carbocycles. The van der Waals surface area contributed by atoms with Crippen molar-refractivity contribution in [3.05, 3.63) is 66.1 Å². The number of hydrogen-bond acceptors (Lipinski definition) is 6. The van der Waals surface area contributed by atoms with Gasteiger partial charge in [0.05, 0.1) is 10.5 Å². The van der Waals surface area contributed by atoms with Crippen LogP contribution < -0.4 is 10.6 Å². The minimum Gasteiger partial charge on any atom is -0.444 e. The minimum atomic E-state index is -3.66. The number of fused-ring (bicyclic) bond motifs is 1. The number of hydrogen-bond donors (Lipinski definition) is 2. The average molecular weight is 554 g/mol. The number of nitrogens with zero attached hydrogens (tertiary/aromatic N) is 3. The first-order valence-corrected chi connectivity index (χ1v) is 14.7. The normalized spacial score (nSPS) is 18.0. The number of amides is 2. The maximum Gasteiger partial charge on any atom is 0.407 e. The van der Waals surface area contributed by atoms with E-state index in [4.69, 9.17) is 4.74 Å². The van der Waals surface area contributed by atoms with Crippen molar-refractivity contribution in [1.29, 1.82) is 0 Å². The Balaban J connectivity index is 1.14. The first-order valence-electron chi connectivity index (χ1n) is 13.2. The number of ether oxygens (including phenoxy) is 1. The molecule has 0 radical (unpaired) electrons. The van der Waals surface area contributed by atoms with E-state index in [1.165, 1.54) is 0 Å². The first-order chi connectivity index (χ1) is 18.4. The molecule has 1 aliphatic carbocycles. The molecule has 2 fully saturated rings. The zero-order chi connectivity index (χ0) is 27.8. The Morgan fingerprint density at radius 1 is 1.13 bits per heavy atom. The summed E-state index contributed by atoms with van der Waals surface area (Å²) in [6.45, 7) is 6.60. The molecule has 3 heterocycles. The van der Waals surface area contributed by atoms with Gasteiger partial charge in [-0.15, -0.1) is 0 Å². The molecule has 3 aromatic rings. The van der Waals surface area contributed by atoms with Gasteiger partial charge in [0.2, 0.25) is 10.0 Å². The summed E-state index contributed by atoms with van der Waals surface area (Å²) in [6, 6.07) is 10.3. The van der Waals surface area contributed by atoms with Crippen molar-refractivity contribution in [3.63, 3.8) is 0 Å². The van der Waals surface area contributed by atoms with Gasteiger partial charge in [-0.1, -0.05) is 12.1 Å². The Hall–Kier alpha value is -3.44. The van der Waals surface area contributed by atoms with Crippen LogP contribution in [-0.2, 0) is 21.3 Å². The fourth-order valence-electron chi connectivity index (χ4n) is 5.47.